The molecule has 0 spiro atoms. The number of anilines is 2. The van der Waals surface area contributed by atoms with E-state index in [1.165, 1.54) is 27.1 Å². The summed E-state index contributed by atoms with van der Waals surface area (Å²) in [5, 5.41) is 7.06. The number of rotatable bonds is 7. The zero-order valence-electron chi connectivity index (χ0n) is 22.2. The normalized spacial score (nSPS) is 14.7. The zero-order valence-corrected chi connectivity index (χ0v) is 22.2. The van der Waals surface area contributed by atoms with Crippen LogP contribution >= 0.6 is 0 Å². The highest BCUT2D eigenvalue weighted by Gasteiger charge is 2.28. The van der Waals surface area contributed by atoms with Gasteiger partial charge in [-0.2, -0.15) is 4.98 Å². The summed E-state index contributed by atoms with van der Waals surface area (Å²) in [6.07, 6.45) is 7.03. The molecule has 0 atom stereocenters. The van der Waals surface area contributed by atoms with Gasteiger partial charge in [-0.3, -0.25) is 14.2 Å². The molecule has 2 N–H and O–H groups in total. The van der Waals surface area contributed by atoms with E-state index in [0.717, 1.165) is 31.6 Å². The fraction of sp³-hybridized carbons (Fsp3) is 0.233. The number of nitrogens with zero attached hydrogens (tertiary/aromatic N) is 6. The highest BCUT2D eigenvalue weighted by Crippen LogP contribution is 2.33. The molecule has 0 bridgehead atoms. The first-order chi connectivity index (χ1) is 19.5. The SMILES string of the molecule is C=CCn1c(=O)c2cnc(Nc3ccc(C4(C)CCNCC4)cc3)nc2n1-c1cccc(-n2ccccc2=O)n1. The Morgan fingerprint density at radius 2 is 1.77 bits per heavy atom. The molecule has 5 heterocycles. The van der Waals surface area contributed by atoms with E-state index in [4.69, 9.17) is 9.97 Å². The second kappa shape index (κ2) is 10.4. The van der Waals surface area contributed by atoms with Crippen LogP contribution in [0.4, 0.5) is 11.6 Å². The third-order valence-corrected chi connectivity index (χ3v) is 7.53. The van der Waals surface area contributed by atoms with Crippen LogP contribution in [-0.4, -0.2) is 42.0 Å². The smallest absolute Gasteiger partial charge is 0.278 e. The number of pyridine rings is 2. The van der Waals surface area contributed by atoms with E-state index in [1.807, 2.05) is 12.1 Å². The molecular formula is C30H30N8O2. The Hall–Kier alpha value is -4.83. The molecule has 4 aromatic heterocycles. The largest absolute Gasteiger partial charge is 0.324 e. The van der Waals surface area contributed by atoms with Gasteiger partial charge in [0.05, 0.1) is 6.54 Å². The molecule has 0 saturated carbocycles. The van der Waals surface area contributed by atoms with Crippen LogP contribution in [0.3, 0.4) is 0 Å². The lowest BCUT2D eigenvalue weighted by Gasteiger charge is -2.34. The van der Waals surface area contributed by atoms with E-state index in [9.17, 15) is 9.59 Å². The van der Waals surface area contributed by atoms with E-state index < -0.39 is 0 Å². The number of hydrogen-bond donors (Lipinski definition) is 2. The van der Waals surface area contributed by atoms with Crippen molar-refractivity contribution in [1.82, 2.24) is 34.2 Å². The molecule has 1 fully saturated rings. The van der Waals surface area contributed by atoms with Gasteiger partial charge < -0.3 is 10.6 Å². The lowest BCUT2D eigenvalue weighted by molar-refractivity contribution is 0.335. The molecule has 0 unspecified atom stereocenters. The molecule has 40 heavy (non-hydrogen) atoms. The summed E-state index contributed by atoms with van der Waals surface area (Å²) in [5.74, 6) is 1.22. The molecule has 0 amide bonds. The van der Waals surface area contributed by atoms with Crippen molar-refractivity contribution in [2.24, 2.45) is 0 Å². The van der Waals surface area contributed by atoms with Crippen molar-refractivity contribution >= 4 is 22.7 Å². The van der Waals surface area contributed by atoms with Crippen molar-refractivity contribution in [3.63, 3.8) is 0 Å². The Kier molecular flexibility index (Phi) is 6.61. The van der Waals surface area contributed by atoms with Gasteiger partial charge >= 0.3 is 0 Å². The maximum atomic E-state index is 13.3. The lowest BCUT2D eigenvalue weighted by atomic mass is 9.75. The van der Waals surface area contributed by atoms with Gasteiger partial charge in [0.15, 0.2) is 11.5 Å². The van der Waals surface area contributed by atoms with Crippen LogP contribution in [0.1, 0.15) is 25.3 Å². The summed E-state index contributed by atoms with van der Waals surface area (Å²) in [6.45, 7) is 8.42. The number of hydrogen-bond acceptors (Lipinski definition) is 7. The van der Waals surface area contributed by atoms with Crippen molar-refractivity contribution in [3.05, 3.63) is 112 Å². The van der Waals surface area contributed by atoms with E-state index in [-0.39, 0.29) is 23.1 Å². The quantitative estimate of drug-likeness (QED) is 0.306. The molecule has 202 valence electrons. The van der Waals surface area contributed by atoms with Crippen LogP contribution < -0.4 is 21.8 Å². The Morgan fingerprint density at radius 3 is 2.52 bits per heavy atom. The number of aromatic nitrogens is 6. The molecule has 1 aliphatic heterocycles. The minimum absolute atomic E-state index is 0.162. The molecule has 0 aliphatic carbocycles. The van der Waals surface area contributed by atoms with Crippen LogP contribution in [-0.2, 0) is 12.0 Å². The van der Waals surface area contributed by atoms with Crippen molar-refractivity contribution in [3.8, 4) is 11.6 Å². The van der Waals surface area contributed by atoms with E-state index in [1.54, 1.807) is 47.3 Å². The third-order valence-electron chi connectivity index (χ3n) is 7.53. The molecule has 6 rings (SSSR count). The maximum Gasteiger partial charge on any atom is 0.278 e. The van der Waals surface area contributed by atoms with Gasteiger partial charge in [0.2, 0.25) is 5.95 Å². The second-order valence-corrected chi connectivity index (χ2v) is 10.2. The number of nitrogens with one attached hydrogen (secondary N) is 2. The maximum absolute atomic E-state index is 13.3. The molecule has 1 saturated heterocycles. The highest BCUT2D eigenvalue weighted by molar-refractivity contribution is 5.77. The van der Waals surface area contributed by atoms with Crippen LogP contribution in [0.25, 0.3) is 22.7 Å². The van der Waals surface area contributed by atoms with E-state index >= 15 is 0 Å². The summed E-state index contributed by atoms with van der Waals surface area (Å²) >= 11 is 0. The van der Waals surface area contributed by atoms with Gasteiger partial charge in [0, 0.05) is 24.1 Å². The van der Waals surface area contributed by atoms with Gasteiger partial charge in [-0.1, -0.05) is 37.3 Å². The highest BCUT2D eigenvalue weighted by atomic mass is 16.1. The molecule has 1 aliphatic rings. The predicted molar refractivity (Wildman–Crippen MR) is 156 cm³/mol. The first kappa shape index (κ1) is 25.4. The van der Waals surface area contributed by atoms with Gasteiger partial charge in [-0.25, -0.2) is 19.3 Å². The van der Waals surface area contributed by atoms with Crippen LogP contribution in [0.5, 0.6) is 0 Å². The second-order valence-electron chi connectivity index (χ2n) is 10.2. The molecule has 5 aromatic rings. The van der Waals surface area contributed by atoms with Crippen LogP contribution in [0.15, 0.2) is 95.3 Å². The predicted octanol–water partition coefficient (Wildman–Crippen LogP) is 3.70. The summed E-state index contributed by atoms with van der Waals surface area (Å²) in [6, 6.07) is 18.6. The van der Waals surface area contributed by atoms with Gasteiger partial charge in [-0.15, -0.1) is 6.58 Å². The van der Waals surface area contributed by atoms with Gasteiger partial charge in [0.1, 0.15) is 11.2 Å². The van der Waals surface area contributed by atoms with Crippen molar-refractivity contribution in [1.29, 1.82) is 0 Å². The standard InChI is InChI=1S/C30H30N8O2/c1-3-18-37-28(40)23-20-32-29(33-22-12-10-21(11-13-22)30(2)14-16-31-17-15-30)35-27(23)38(37)25-8-6-7-24(34-25)36-19-5-4-9-26(36)39/h3-13,19-20,31H,1,14-18H2,2H3,(H,32,33,35). The molecule has 10 nitrogen and oxygen atoms in total. The summed E-state index contributed by atoms with van der Waals surface area (Å²) in [7, 11) is 0. The first-order valence-corrected chi connectivity index (χ1v) is 13.3. The fourth-order valence-electron chi connectivity index (χ4n) is 5.24. The Balaban J connectivity index is 1.39. The third kappa shape index (κ3) is 4.62. The van der Waals surface area contributed by atoms with Gasteiger partial charge in [-0.05, 0) is 67.2 Å². The molecule has 1 aromatic carbocycles. The Bertz CT molecular complexity index is 1810. The van der Waals surface area contributed by atoms with Crippen molar-refractivity contribution in [2.45, 2.75) is 31.7 Å². The lowest BCUT2D eigenvalue weighted by Crippen LogP contribution is -2.37. The molecule has 0 radical (unpaired) electrons. The summed E-state index contributed by atoms with van der Waals surface area (Å²) in [4.78, 5) is 39.6. The molecule has 10 heteroatoms. The monoisotopic (exact) mass is 534 g/mol. The zero-order chi connectivity index (χ0) is 27.7. The van der Waals surface area contributed by atoms with Crippen molar-refractivity contribution < 1.29 is 0 Å². The van der Waals surface area contributed by atoms with Gasteiger partial charge in [0.25, 0.3) is 11.1 Å². The Labute approximate surface area is 230 Å². The van der Waals surface area contributed by atoms with Crippen molar-refractivity contribution in [2.75, 3.05) is 18.4 Å². The number of fused-ring (bicyclic) bond motifs is 1. The number of piperidine rings is 1. The van der Waals surface area contributed by atoms with E-state index in [0.29, 0.717) is 28.6 Å². The summed E-state index contributed by atoms with van der Waals surface area (Å²) in [5.41, 5.74) is 2.26. The first-order valence-electron chi connectivity index (χ1n) is 13.3. The number of allylic oxidation sites excluding steroid dienone is 1. The average molecular weight is 535 g/mol. The average Bonchev–Trinajstić information content (AvgIpc) is 3.24. The van der Waals surface area contributed by atoms with Crippen LogP contribution in [0.2, 0.25) is 0 Å². The number of benzene rings is 1. The minimum atomic E-state index is -0.259. The molecular weight excluding hydrogens is 504 g/mol. The fourth-order valence-corrected chi connectivity index (χ4v) is 5.24. The minimum Gasteiger partial charge on any atom is -0.324 e. The van der Waals surface area contributed by atoms with Crippen LogP contribution in [0, 0.1) is 0 Å². The topological polar surface area (TPSA) is 112 Å². The summed E-state index contributed by atoms with van der Waals surface area (Å²) < 4.78 is 4.59. The van der Waals surface area contributed by atoms with E-state index in [2.05, 4.69) is 41.3 Å². The Morgan fingerprint density at radius 1 is 1.00 bits per heavy atom.